The number of hydrogen-bond acceptors (Lipinski definition) is 4. The zero-order chi connectivity index (χ0) is 17.6. The molecule has 2 N–H and O–H groups in total. The minimum atomic E-state index is -3.74. The van der Waals surface area contributed by atoms with Crippen LogP contribution in [0.5, 0.6) is 5.75 Å². The molecule has 2 aromatic carbocycles. The van der Waals surface area contributed by atoms with Gasteiger partial charge in [-0.3, -0.25) is 4.79 Å². The third-order valence-electron chi connectivity index (χ3n) is 3.21. The molecule has 2 rings (SSSR count). The molecule has 128 valence electrons. The van der Waals surface area contributed by atoms with Crippen LogP contribution in [-0.2, 0) is 14.8 Å². The first-order valence-corrected chi connectivity index (χ1v) is 9.02. The van der Waals surface area contributed by atoms with E-state index in [0.717, 1.165) is 0 Å². The summed E-state index contributed by atoms with van der Waals surface area (Å²) in [5.74, 6) is 0.256. The number of hydrogen-bond donors (Lipinski definition) is 2. The number of nitrogens with one attached hydrogen (secondary N) is 2. The Morgan fingerprint density at radius 2 is 1.71 bits per heavy atom. The zero-order valence-corrected chi connectivity index (χ0v) is 14.3. The van der Waals surface area contributed by atoms with Gasteiger partial charge in [0.15, 0.2) is 0 Å². The van der Waals surface area contributed by atoms with Gasteiger partial charge in [-0.15, -0.1) is 0 Å². The molecule has 0 aromatic heterocycles. The van der Waals surface area contributed by atoms with Crippen molar-refractivity contribution in [2.75, 3.05) is 11.9 Å². The zero-order valence-electron chi connectivity index (χ0n) is 13.5. The average Bonchev–Trinajstić information content (AvgIpc) is 2.57. The van der Waals surface area contributed by atoms with Crippen LogP contribution >= 0.6 is 0 Å². The lowest BCUT2D eigenvalue weighted by Gasteiger charge is -2.14. The summed E-state index contributed by atoms with van der Waals surface area (Å²) >= 11 is 0. The highest BCUT2D eigenvalue weighted by Gasteiger charge is 2.21. The maximum atomic E-state index is 12.2. The summed E-state index contributed by atoms with van der Waals surface area (Å²) in [5.41, 5.74) is 0.564. The molecule has 0 radical (unpaired) electrons. The molecule has 24 heavy (non-hydrogen) atoms. The highest BCUT2D eigenvalue weighted by atomic mass is 32.2. The van der Waals surface area contributed by atoms with Crippen LogP contribution in [0.2, 0.25) is 0 Å². The average molecular weight is 348 g/mol. The van der Waals surface area contributed by atoms with Gasteiger partial charge in [0.25, 0.3) is 0 Å². The van der Waals surface area contributed by atoms with Crippen LogP contribution in [0, 0.1) is 0 Å². The number of carbonyl (C=O) groups excluding carboxylic acids is 1. The fourth-order valence-corrected chi connectivity index (χ4v) is 3.23. The Morgan fingerprint density at radius 1 is 1.08 bits per heavy atom. The van der Waals surface area contributed by atoms with Gasteiger partial charge in [0.05, 0.1) is 17.5 Å². The lowest BCUT2D eigenvalue weighted by molar-refractivity contribution is -0.117. The number of ether oxygens (including phenoxy) is 1. The molecule has 0 heterocycles. The summed E-state index contributed by atoms with van der Waals surface area (Å²) in [7, 11) is -3.74. The van der Waals surface area contributed by atoms with E-state index in [1.54, 1.807) is 42.5 Å². The maximum Gasteiger partial charge on any atom is 0.242 e. The number of benzene rings is 2. The summed E-state index contributed by atoms with van der Waals surface area (Å²) in [6.45, 7) is 3.94. The van der Waals surface area contributed by atoms with E-state index in [2.05, 4.69) is 10.0 Å². The van der Waals surface area contributed by atoms with E-state index in [1.807, 2.05) is 6.92 Å². The van der Waals surface area contributed by atoms with Crippen molar-refractivity contribution in [3.8, 4) is 5.75 Å². The van der Waals surface area contributed by atoms with Crippen molar-refractivity contribution in [2.45, 2.75) is 24.8 Å². The van der Waals surface area contributed by atoms with Crippen molar-refractivity contribution in [1.82, 2.24) is 4.72 Å². The molecular formula is C17H20N2O4S. The molecule has 0 saturated carbocycles. The summed E-state index contributed by atoms with van der Waals surface area (Å²) in [6, 6.07) is 13.9. The van der Waals surface area contributed by atoms with Crippen LogP contribution in [0.1, 0.15) is 13.8 Å². The van der Waals surface area contributed by atoms with Gasteiger partial charge in [0, 0.05) is 5.69 Å². The fraction of sp³-hybridized carbons (Fsp3) is 0.235. The number of carbonyl (C=O) groups is 1. The van der Waals surface area contributed by atoms with Gasteiger partial charge in [0.2, 0.25) is 15.9 Å². The lowest BCUT2D eigenvalue weighted by Crippen LogP contribution is -2.41. The molecule has 0 aliphatic carbocycles. The van der Waals surface area contributed by atoms with E-state index >= 15 is 0 Å². The number of sulfonamides is 1. The lowest BCUT2D eigenvalue weighted by atomic mass is 10.2. The summed E-state index contributed by atoms with van der Waals surface area (Å²) < 4.78 is 32.1. The molecule has 1 atom stereocenters. The first-order chi connectivity index (χ1) is 11.4. The van der Waals surface area contributed by atoms with Gasteiger partial charge in [-0.1, -0.05) is 18.2 Å². The predicted octanol–water partition coefficient (Wildman–Crippen LogP) is 2.39. The minimum Gasteiger partial charge on any atom is -0.494 e. The smallest absolute Gasteiger partial charge is 0.242 e. The molecule has 0 aliphatic rings. The first-order valence-electron chi connectivity index (χ1n) is 7.53. The van der Waals surface area contributed by atoms with Gasteiger partial charge in [-0.25, -0.2) is 8.42 Å². The molecule has 2 aromatic rings. The Kier molecular flexibility index (Phi) is 5.94. The normalized spacial score (nSPS) is 12.4. The van der Waals surface area contributed by atoms with Gasteiger partial charge in [0.1, 0.15) is 5.75 Å². The summed E-state index contributed by atoms with van der Waals surface area (Å²) in [4.78, 5) is 12.3. The highest BCUT2D eigenvalue weighted by molar-refractivity contribution is 7.89. The van der Waals surface area contributed by atoms with Crippen LogP contribution in [0.4, 0.5) is 5.69 Å². The molecule has 0 bridgehead atoms. The van der Waals surface area contributed by atoms with Crippen molar-refractivity contribution in [1.29, 1.82) is 0 Å². The van der Waals surface area contributed by atoms with E-state index in [1.165, 1.54) is 19.1 Å². The quantitative estimate of drug-likeness (QED) is 0.805. The van der Waals surface area contributed by atoms with Crippen molar-refractivity contribution < 1.29 is 17.9 Å². The van der Waals surface area contributed by atoms with Crippen molar-refractivity contribution in [3.63, 3.8) is 0 Å². The molecular weight excluding hydrogens is 328 g/mol. The Labute approximate surface area is 141 Å². The van der Waals surface area contributed by atoms with E-state index in [9.17, 15) is 13.2 Å². The Hall–Kier alpha value is -2.38. The van der Waals surface area contributed by atoms with E-state index < -0.39 is 22.0 Å². The monoisotopic (exact) mass is 348 g/mol. The molecule has 0 aliphatic heterocycles. The van der Waals surface area contributed by atoms with Crippen LogP contribution in [0.3, 0.4) is 0 Å². The van der Waals surface area contributed by atoms with E-state index in [-0.39, 0.29) is 4.90 Å². The maximum absolute atomic E-state index is 12.2. The molecule has 0 fully saturated rings. The number of amides is 1. The topological polar surface area (TPSA) is 84.5 Å². The summed E-state index contributed by atoms with van der Waals surface area (Å²) in [5, 5.41) is 2.66. The SMILES string of the molecule is CCOc1ccc(NC(=O)[C@H](C)NS(=O)(=O)c2ccccc2)cc1. The highest BCUT2D eigenvalue weighted by Crippen LogP contribution is 2.16. The summed E-state index contributed by atoms with van der Waals surface area (Å²) in [6.07, 6.45) is 0. The van der Waals surface area contributed by atoms with E-state index in [0.29, 0.717) is 18.0 Å². The Balaban J connectivity index is 1.99. The second-order valence-electron chi connectivity index (χ2n) is 5.10. The fourth-order valence-electron chi connectivity index (χ4n) is 2.01. The van der Waals surface area contributed by atoms with Crippen LogP contribution in [-0.4, -0.2) is 27.0 Å². The molecule has 1 amide bonds. The molecule has 0 unspecified atom stereocenters. The molecule has 0 spiro atoms. The third kappa shape index (κ3) is 4.81. The second kappa shape index (κ2) is 7.94. The van der Waals surface area contributed by atoms with E-state index in [4.69, 9.17) is 4.74 Å². The molecule has 0 saturated heterocycles. The number of rotatable bonds is 7. The Morgan fingerprint density at radius 3 is 2.29 bits per heavy atom. The van der Waals surface area contributed by atoms with Crippen LogP contribution in [0.25, 0.3) is 0 Å². The Bertz CT molecular complexity index is 774. The largest absolute Gasteiger partial charge is 0.494 e. The minimum absolute atomic E-state index is 0.116. The second-order valence-corrected chi connectivity index (χ2v) is 6.82. The predicted molar refractivity (Wildman–Crippen MR) is 92.5 cm³/mol. The van der Waals surface area contributed by atoms with Gasteiger partial charge < -0.3 is 10.1 Å². The van der Waals surface area contributed by atoms with Crippen LogP contribution in [0.15, 0.2) is 59.5 Å². The van der Waals surface area contributed by atoms with Gasteiger partial charge in [-0.2, -0.15) is 4.72 Å². The molecule has 6 nitrogen and oxygen atoms in total. The number of anilines is 1. The van der Waals surface area contributed by atoms with Crippen molar-refractivity contribution >= 4 is 21.6 Å². The molecule has 7 heteroatoms. The third-order valence-corrected chi connectivity index (χ3v) is 4.77. The van der Waals surface area contributed by atoms with Gasteiger partial charge in [-0.05, 0) is 50.2 Å². The van der Waals surface area contributed by atoms with Gasteiger partial charge >= 0.3 is 0 Å². The van der Waals surface area contributed by atoms with Crippen molar-refractivity contribution in [3.05, 3.63) is 54.6 Å². The standard InChI is InChI=1S/C17H20N2O4S/c1-3-23-15-11-9-14(10-12-15)18-17(20)13(2)19-24(21,22)16-7-5-4-6-8-16/h4-13,19H,3H2,1-2H3,(H,18,20)/t13-/m0/s1. The van der Waals surface area contributed by atoms with Crippen molar-refractivity contribution in [2.24, 2.45) is 0 Å². The first kappa shape index (κ1) is 18.0. The van der Waals surface area contributed by atoms with Crippen LogP contribution < -0.4 is 14.8 Å².